The summed E-state index contributed by atoms with van der Waals surface area (Å²) in [5, 5.41) is 4.18. The molecule has 1 heterocycles. The normalized spacial score (nSPS) is 12.7. The van der Waals surface area contributed by atoms with Gasteiger partial charge in [0.2, 0.25) is 0 Å². The van der Waals surface area contributed by atoms with E-state index in [4.69, 9.17) is 5.84 Å². The first kappa shape index (κ1) is 14.5. The number of rotatable bonds is 4. The molecule has 2 aromatic rings. The van der Waals surface area contributed by atoms with Crippen LogP contribution in [0.2, 0.25) is 0 Å². The molecule has 108 valence electrons. The maximum atomic E-state index is 13.3. The molecule has 20 heavy (non-hydrogen) atoms. The quantitative estimate of drug-likeness (QED) is 0.512. The molecular weight excluding hydrogens is 269 g/mol. The van der Waals surface area contributed by atoms with Crippen LogP contribution in [0.3, 0.4) is 0 Å². The van der Waals surface area contributed by atoms with Crippen molar-refractivity contribution >= 4 is 0 Å². The maximum absolute atomic E-state index is 13.3. The number of hydrogen-bond donors (Lipinski definition) is 2. The minimum absolute atomic E-state index is 0.239. The molecule has 0 bridgehead atoms. The molecule has 2 rings (SSSR count). The molecule has 1 atom stereocenters. The van der Waals surface area contributed by atoms with E-state index in [-0.39, 0.29) is 5.56 Å². The fourth-order valence-corrected chi connectivity index (χ4v) is 2.11. The molecule has 3 N–H and O–H groups in total. The topological polar surface area (TPSA) is 55.9 Å². The molecule has 7 heteroatoms. The van der Waals surface area contributed by atoms with E-state index < -0.39 is 23.5 Å². The van der Waals surface area contributed by atoms with Crippen molar-refractivity contribution in [3.63, 3.8) is 0 Å². The van der Waals surface area contributed by atoms with Crippen molar-refractivity contribution in [3.8, 4) is 0 Å². The Bertz CT molecular complexity index is 601. The number of aryl methyl sites for hydroxylation is 2. The van der Waals surface area contributed by atoms with Gasteiger partial charge in [0, 0.05) is 19.2 Å². The van der Waals surface area contributed by atoms with Gasteiger partial charge < -0.3 is 0 Å². The zero-order valence-corrected chi connectivity index (χ0v) is 11.1. The number of aromatic nitrogens is 2. The third-order valence-electron chi connectivity index (χ3n) is 3.12. The van der Waals surface area contributed by atoms with Gasteiger partial charge in [-0.25, -0.2) is 13.2 Å². The van der Waals surface area contributed by atoms with Crippen molar-refractivity contribution in [1.29, 1.82) is 0 Å². The van der Waals surface area contributed by atoms with Gasteiger partial charge in [-0.1, -0.05) is 0 Å². The van der Waals surface area contributed by atoms with E-state index >= 15 is 0 Å². The average Bonchev–Trinajstić information content (AvgIpc) is 2.70. The Kier molecular flexibility index (Phi) is 4.10. The van der Waals surface area contributed by atoms with Crippen molar-refractivity contribution < 1.29 is 13.2 Å². The highest BCUT2D eigenvalue weighted by Crippen LogP contribution is 2.22. The summed E-state index contributed by atoms with van der Waals surface area (Å²) in [6.45, 7) is 1.84. The SMILES string of the molecule is Cc1cc(CC(NN)c2cc(F)c(F)c(F)c2)n(C)n1. The summed E-state index contributed by atoms with van der Waals surface area (Å²) >= 11 is 0. The Morgan fingerprint density at radius 2 is 1.85 bits per heavy atom. The molecule has 0 amide bonds. The summed E-state index contributed by atoms with van der Waals surface area (Å²) in [5.41, 5.74) is 4.39. The summed E-state index contributed by atoms with van der Waals surface area (Å²) in [5.74, 6) is 1.47. The monoisotopic (exact) mass is 284 g/mol. The Morgan fingerprint density at radius 1 is 1.25 bits per heavy atom. The average molecular weight is 284 g/mol. The van der Waals surface area contributed by atoms with Crippen molar-refractivity contribution in [2.45, 2.75) is 19.4 Å². The van der Waals surface area contributed by atoms with Gasteiger partial charge >= 0.3 is 0 Å². The van der Waals surface area contributed by atoms with Crippen LogP contribution in [-0.2, 0) is 13.5 Å². The van der Waals surface area contributed by atoms with Gasteiger partial charge in [0.25, 0.3) is 0 Å². The lowest BCUT2D eigenvalue weighted by Crippen LogP contribution is -2.30. The largest absolute Gasteiger partial charge is 0.272 e. The summed E-state index contributed by atoms with van der Waals surface area (Å²) in [6.07, 6.45) is 0.373. The molecule has 0 saturated heterocycles. The smallest absolute Gasteiger partial charge is 0.194 e. The van der Waals surface area contributed by atoms with E-state index in [9.17, 15) is 13.2 Å². The van der Waals surface area contributed by atoms with Crippen LogP contribution in [0.4, 0.5) is 13.2 Å². The Labute approximate surface area is 114 Å². The van der Waals surface area contributed by atoms with Crippen LogP contribution in [0.5, 0.6) is 0 Å². The predicted octanol–water partition coefficient (Wildman–Crippen LogP) is 1.89. The number of nitrogens with two attached hydrogens (primary N) is 1. The van der Waals surface area contributed by atoms with Crippen LogP contribution < -0.4 is 11.3 Å². The van der Waals surface area contributed by atoms with Crippen molar-refractivity contribution in [2.24, 2.45) is 12.9 Å². The van der Waals surface area contributed by atoms with Crippen molar-refractivity contribution in [1.82, 2.24) is 15.2 Å². The molecule has 0 saturated carbocycles. The van der Waals surface area contributed by atoms with Gasteiger partial charge in [0.1, 0.15) is 0 Å². The maximum Gasteiger partial charge on any atom is 0.194 e. The van der Waals surface area contributed by atoms with Gasteiger partial charge in [-0.2, -0.15) is 5.10 Å². The predicted molar refractivity (Wildman–Crippen MR) is 68.0 cm³/mol. The zero-order valence-electron chi connectivity index (χ0n) is 11.1. The number of halogens is 3. The Morgan fingerprint density at radius 3 is 2.30 bits per heavy atom. The minimum Gasteiger partial charge on any atom is -0.272 e. The van der Waals surface area contributed by atoms with Crippen LogP contribution in [0.1, 0.15) is 23.0 Å². The fourth-order valence-electron chi connectivity index (χ4n) is 2.11. The van der Waals surface area contributed by atoms with Gasteiger partial charge in [0.05, 0.1) is 11.7 Å². The second kappa shape index (κ2) is 5.64. The number of benzene rings is 1. The molecular formula is C13H15F3N4. The molecule has 1 aromatic heterocycles. The number of hydrogen-bond acceptors (Lipinski definition) is 3. The highest BCUT2D eigenvalue weighted by molar-refractivity contribution is 5.24. The second-order valence-corrected chi connectivity index (χ2v) is 4.62. The lowest BCUT2D eigenvalue weighted by atomic mass is 10.0. The van der Waals surface area contributed by atoms with Crippen LogP contribution in [-0.4, -0.2) is 9.78 Å². The summed E-state index contributed by atoms with van der Waals surface area (Å²) < 4.78 is 41.1. The molecule has 0 aliphatic rings. The third kappa shape index (κ3) is 2.83. The molecule has 0 aliphatic heterocycles. The van der Waals surface area contributed by atoms with E-state index in [1.807, 2.05) is 13.0 Å². The zero-order chi connectivity index (χ0) is 14.9. The molecule has 0 aliphatic carbocycles. The molecule has 0 spiro atoms. The second-order valence-electron chi connectivity index (χ2n) is 4.62. The van der Waals surface area contributed by atoms with E-state index in [2.05, 4.69) is 10.5 Å². The van der Waals surface area contributed by atoms with Gasteiger partial charge in [-0.3, -0.25) is 16.0 Å². The fraction of sp³-hybridized carbons (Fsp3) is 0.308. The number of nitrogens with one attached hydrogen (secondary N) is 1. The van der Waals surface area contributed by atoms with E-state index in [0.717, 1.165) is 23.5 Å². The van der Waals surface area contributed by atoms with E-state index in [1.54, 1.807) is 11.7 Å². The summed E-state index contributed by atoms with van der Waals surface area (Å²) in [4.78, 5) is 0. The molecule has 0 radical (unpaired) electrons. The minimum atomic E-state index is -1.49. The lowest BCUT2D eigenvalue weighted by molar-refractivity contribution is 0.438. The van der Waals surface area contributed by atoms with Crippen LogP contribution >= 0.6 is 0 Å². The van der Waals surface area contributed by atoms with Crippen LogP contribution in [0.25, 0.3) is 0 Å². The Balaban J connectivity index is 2.31. The first-order chi connectivity index (χ1) is 9.42. The van der Waals surface area contributed by atoms with Gasteiger partial charge in [-0.15, -0.1) is 0 Å². The van der Waals surface area contributed by atoms with Crippen LogP contribution in [0.15, 0.2) is 18.2 Å². The van der Waals surface area contributed by atoms with E-state index in [1.165, 1.54) is 0 Å². The van der Waals surface area contributed by atoms with Gasteiger partial charge in [-0.05, 0) is 30.7 Å². The van der Waals surface area contributed by atoms with Gasteiger partial charge in [0.15, 0.2) is 17.5 Å². The summed E-state index contributed by atoms with van der Waals surface area (Å²) in [6, 6.07) is 3.17. The number of hydrazine groups is 1. The molecule has 4 nitrogen and oxygen atoms in total. The highest BCUT2D eigenvalue weighted by Gasteiger charge is 2.18. The molecule has 0 fully saturated rings. The first-order valence-electron chi connectivity index (χ1n) is 6.02. The van der Waals surface area contributed by atoms with E-state index in [0.29, 0.717) is 6.42 Å². The Hall–Kier alpha value is -1.86. The number of nitrogens with zero attached hydrogens (tertiary/aromatic N) is 2. The molecule has 1 unspecified atom stereocenters. The van der Waals surface area contributed by atoms with Crippen LogP contribution in [0, 0.1) is 24.4 Å². The highest BCUT2D eigenvalue weighted by atomic mass is 19.2. The first-order valence-corrected chi connectivity index (χ1v) is 6.02. The lowest BCUT2D eigenvalue weighted by Gasteiger charge is -2.17. The summed E-state index contributed by atoms with van der Waals surface area (Å²) in [7, 11) is 1.77. The van der Waals surface area contributed by atoms with Crippen molar-refractivity contribution in [2.75, 3.05) is 0 Å². The molecule has 1 aromatic carbocycles. The van der Waals surface area contributed by atoms with Crippen molar-refractivity contribution in [3.05, 3.63) is 52.6 Å². The standard InChI is InChI=1S/C13H15F3N4/c1-7-3-9(20(2)19-7)6-12(18-17)8-4-10(14)13(16)11(15)5-8/h3-5,12,18H,6,17H2,1-2H3. The third-order valence-corrected chi connectivity index (χ3v) is 3.12.